The average molecular weight is 309 g/mol. The van der Waals surface area contributed by atoms with E-state index in [0.717, 1.165) is 23.3 Å². The summed E-state index contributed by atoms with van der Waals surface area (Å²) in [5, 5.41) is 9.02. The fourth-order valence-electron chi connectivity index (χ4n) is 2.09. The number of hydrogen-bond acceptors (Lipinski definition) is 3. The molecule has 2 aromatic carbocycles. The van der Waals surface area contributed by atoms with E-state index >= 15 is 0 Å². The van der Waals surface area contributed by atoms with Crippen LogP contribution in [-0.4, -0.2) is 13.5 Å². The Morgan fingerprint density at radius 2 is 1.71 bits per heavy atom. The topological polar surface area (TPSA) is 66.4 Å². The molecule has 0 heterocycles. The minimum atomic E-state index is -3.82. The molecule has 0 aliphatic carbocycles. The minimum Gasteiger partial charge on any atom is -0.392 e. The lowest BCUT2D eigenvalue weighted by atomic mass is 10.1. The molecule has 6 heteroatoms. The van der Waals surface area contributed by atoms with E-state index in [1.807, 2.05) is 19.9 Å². The molecule has 0 fully saturated rings. The molecule has 21 heavy (non-hydrogen) atoms. The van der Waals surface area contributed by atoms with Crippen molar-refractivity contribution in [3.8, 4) is 0 Å². The predicted octanol–water partition coefficient (Wildman–Crippen LogP) is 2.74. The van der Waals surface area contributed by atoms with Crippen molar-refractivity contribution in [2.75, 3.05) is 4.72 Å². The van der Waals surface area contributed by atoms with Crippen LogP contribution in [0.5, 0.6) is 0 Å². The number of anilines is 1. The van der Waals surface area contributed by atoms with Crippen LogP contribution in [0.4, 0.5) is 10.1 Å². The number of aliphatic hydroxyl groups excluding tert-OH is 1. The van der Waals surface area contributed by atoms with Gasteiger partial charge in [-0.25, -0.2) is 12.8 Å². The third-order valence-corrected chi connectivity index (χ3v) is 4.35. The fourth-order valence-corrected chi connectivity index (χ4v) is 3.18. The number of nitrogens with one attached hydrogen (secondary N) is 1. The Kier molecular flexibility index (Phi) is 4.29. The van der Waals surface area contributed by atoms with Crippen LogP contribution in [0, 0.1) is 19.7 Å². The van der Waals surface area contributed by atoms with Crippen molar-refractivity contribution >= 4 is 15.7 Å². The van der Waals surface area contributed by atoms with Crippen molar-refractivity contribution in [2.45, 2.75) is 25.3 Å². The maximum absolute atomic E-state index is 13.3. The van der Waals surface area contributed by atoms with Gasteiger partial charge in [0.15, 0.2) is 0 Å². The Morgan fingerprint density at radius 3 is 2.29 bits per heavy atom. The van der Waals surface area contributed by atoms with Crippen LogP contribution in [-0.2, 0) is 16.6 Å². The molecule has 2 N–H and O–H groups in total. The SMILES string of the molecule is Cc1cc(C)cc(NS(=O)(=O)c2ccc(F)c(CO)c2)c1. The highest BCUT2D eigenvalue weighted by atomic mass is 32.2. The van der Waals surface area contributed by atoms with Crippen molar-refractivity contribution in [3.63, 3.8) is 0 Å². The molecule has 0 saturated heterocycles. The number of halogens is 1. The van der Waals surface area contributed by atoms with Crippen LogP contribution in [0.15, 0.2) is 41.3 Å². The molecule has 0 aliphatic rings. The fraction of sp³-hybridized carbons (Fsp3) is 0.200. The summed E-state index contributed by atoms with van der Waals surface area (Å²) in [4.78, 5) is -0.0906. The van der Waals surface area contributed by atoms with Crippen LogP contribution in [0.1, 0.15) is 16.7 Å². The zero-order chi connectivity index (χ0) is 15.6. The molecule has 0 amide bonds. The number of aliphatic hydroxyl groups is 1. The first-order valence-electron chi connectivity index (χ1n) is 6.32. The van der Waals surface area contributed by atoms with Crippen LogP contribution in [0.25, 0.3) is 0 Å². The van der Waals surface area contributed by atoms with E-state index in [0.29, 0.717) is 5.69 Å². The molecule has 0 radical (unpaired) electrons. The highest BCUT2D eigenvalue weighted by Crippen LogP contribution is 2.20. The summed E-state index contributed by atoms with van der Waals surface area (Å²) in [7, 11) is -3.82. The Hall–Kier alpha value is -1.92. The highest BCUT2D eigenvalue weighted by Gasteiger charge is 2.16. The summed E-state index contributed by atoms with van der Waals surface area (Å²) >= 11 is 0. The quantitative estimate of drug-likeness (QED) is 0.912. The van der Waals surface area contributed by atoms with Gasteiger partial charge in [0, 0.05) is 11.3 Å². The van der Waals surface area contributed by atoms with Gasteiger partial charge in [-0.1, -0.05) is 6.07 Å². The maximum Gasteiger partial charge on any atom is 0.261 e. The molecule has 0 aliphatic heterocycles. The molecule has 0 aromatic heterocycles. The van der Waals surface area contributed by atoms with Crippen molar-refractivity contribution in [1.29, 1.82) is 0 Å². The molecule has 2 aromatic rings. The van der Waals surface area contributed by atoms with Crippen LogP contribution in [0.3, 0.4) is 0 Å². The first kappa shape index (κ1) is 15.5. The van der Waals surface area contributed by atoms with Gasteiger partial charge in [-0.3, -0.25) is 4.72 Å². The zero-order valence-electron chi connectivity index (χ0n) is 11.7. The molecule has 0 unspecified atom stereocenters. The van der Waals surface area contributed by atoms with E-state index in [2.05, 4.69) is 4.72 Å². The maximum atomic E-state index is 13.3. The molecule has 0 bridgehead atoms. The number of rotatable bonds is 4. The molecular formula is C15H16FNO3S. The van der Waals surface area contributed by atoms with E-state index in [9.17, 15) is 12.8 Å². The van der Waals surface area contributed by atoms with E-state index in [-0.39, 0.29) is 10.5 Å². The second kappa shape index (κ2) is 5.83. The Labute approximate surface area is 123 Å². The average Bonchev–Trinajstić information content (AvgIpc) is 2.37. The van der Waals surface area contributed by atoms with Gasteiger partial charge in [-0.2, -0.15) is 0 Å². The number of sulfonamides is 1. The third-order valence-electron chi connectivity index (χ3n) is 2.97. The monoisotopic (exact) mass is 309 g/mol. The largest absolute Gasteiger partial charge is 0.392 e. The molecule has 0 atom stereocenters. The van der Waals surface area contributed by atoms with Gasteiger partial charge in [0.05, 0.1) is 11.5 Å². The van der Waals surface area contributed by atoms with Gasteiger partial charge >= 0.3 is 0 Å². The van der Waals surface area contributed by atoms with Gasteiger partial charge in [0.2, 0.25) is 0 Å². The number of hydrogen-bond donors (Lipinski definition) is 2. The Balaban J connectivity index is 2.38. The predicted molar refractivity (Wildman–Crippen MR) is 79.0 cm³/mol. The molecule has 2 rings (SSSR count). The van der Waals surface area contributed by atoms with E-state index in [4.69, 9.17) is 5.11 Å². The lowest BCUT2D eigenvalue weighted by molar-refractivity contribution is 0.275. The van der Waals surface area contributed by atoms with Gasteiger partial charge < -0.3 is 5.11 Å². The molecular weight excluding hydrogens is 293 g/mol. The van der Waals surface area contributed by atoms with Gasteiger partial charge in [-0.15, -0.1) is 0 Å². The van der Waals surface area contributed by atoms with E-state index in [1.54, 1.807) is 12.1 Å². The third kappa shape index (κ3) is 3.59. The molecule has 0 saturated carbocycles. The summed E-state index contributed by atoms with van der Waals surface area (Å²) < 4.78 is 40.3. The normalized spacial score (nSPS) is 11.4. The van der Waals surface area contributed by atoms with Crippen LogP contribution >= 0.6 is 0 Å². The standard InChI is InChI=1S/C15H16FNO3S/c1-10-5-11(2)7-13(6-10)17-21(19,20)14-3-4-15(16)12(8-14)9-18/h3-8,17-18H,9H2,1-2H3. The lowest BCUT2D eigenvalue weighted by Crippen LogP contribution is -2.13. The Bertz CT molecular complexity index is 752. The van der Waals surface area contributed by atoms with Crippen molar-refractivity contribution in [1.82, 2.24) is 0 Å². The molecule has 4 nitrogen and oxygen atoms in total. The number of benzene rings is 2. The smallest absolute Gasteiger partial charge is 0.261 e. The van der Waals surface area contributed by atoms with E-state index in [1.165, 1.54) is 6.07 Å². The molecule has 112 valence electrons. The summed E-state index contributed by atoms with van der Waals surface area (Å²) in [5.41, 5.74) is 2.26. The summed E-state index contributed by atoms with van der Waals surface area (Å²) in [6.07, 6.45) is 0. The van der Waals surface area contributed by atoms with Crippen molar-refractivity contribution in [2.24, 2.45) is 0 Å². The van der Waals surface area contributed by atoms with Gasteiger partial charge in [0.1, 0.15) is 5.82 Å². The minimum absolute atomic E-state index is 0.0571. The zero-order valence-corrected chi connectivity index (χ0v) is 12.5. The van der Waals surface area contributed by atoms with Crippen molar-refractivity contribution < 1.29 is 17.9 Å². The van der Waals surface area contributed by atoms with Gasteiger partial charge in [0.25, 0.3) is 10.0 Å². The first-order chi connectivity index (χ1) is 9.81. The van der Waals surface area contributed by atoms with Crippen LogP contribution < -0.4 is 4.72 Å². The summed E-state index contributed by atoms with van der Waals surface area (Å²) in [6.45, 7) is 3.18. The summed E-state index contributed by atoms with van der Waals surface area (Å²) in [6, 6.07) is 8.67. The van der Waals surface area contributed by atoms with E-state index < -0.39 is 22.4 Å². The highest BCUT2D eigenvalue weighted by molar-refractivity contribution is 7.92. The molecule has 0 spiro atoms. The van der Waals surface area contributed by atoms with Crippen LogP contribution in [0.2, 0.25) is 0 Å². The summed E-state index contributed by atoms with van der Waals surface area (Å²) in [5.74, 6) is -0.636. The van der Waals surface area contributed by atoms with Gasteiger partial charge in [-0.05, 0) is 55.3 Å². The lowest BCUT2D eigenvalue weighted by Gasteiger charge is -2.11. The second-order valence-corrected chi connectivity index (χ2v) is 6.58. The van der Waals surface area contributed by atoms with Crippen molar-refractivity contribution in [3.05, 3.63) is 58.9 Å². The second-order valence-electron chi connectivity index (χ2n) is 4.89. The number of aryl methyl sites for hydroxylation is 2. The Morgan fingerprint density at radius 1 is 1.10 bits per heavy atom. The first-order valence-corrected chi connectivity index (χ1v) is 7.80.